The van der Waals surface area contributed by atoms with Gasteiger partial charge in [0.05, 0.1) is 5.39 Å². The van der Waals surface area contributed by atoms with E-state index in [1.165, 1.54) is 4.68 Å². The lowest BCUT2D eigenvalue weighted by Gasteiger charge is -2.13. The number of fused-ring (bicyclic) bond motifs is 1. The molecular weight excluding hydrogens is 392 g/mol. The van der Waals surface area contributed by atoms with Gasteiger partial charge in [-0.15, -0.1) is 0 Å². The first-order chi connectivity index (χ1) is 15.0. The fourth-order valence-electron chi connectivity index (χ4n) is 3.46. The molecular formula is C24H24N4O3. The first kappa shape index (κ1) is 20.5. The van der Waals surface area contributed by atoms with Crippen LogP contribution in [0.5, 0.6) is 0 Å². The van der Waals surface area contributed by atoms with Crippen molar-refractivity contribution in [3.8, 4) is 0 Å². The number of carbonyl (C=O) groups is 1. The molecule has 0 aliphatic carbocycles. The molecule has 2 heterocycles. The third-order valence-electron chi connectivity index (χ3n) is 4.93. The van der Waals surface area contributed by atoms with E-state index in [9.17, 15) is 9.59 Å². The van der Waals surface area contributed by atoms with Crippen molar-refractivity contribution in [1.82, 2.24) is 19.3 Å². The Hall–Kier alpha value is -3.74. The lowest BCUT2D eigenvalue weighted by molar-refractivity contribution is 0.0451. The van der Waals surface area contributed by atoms with E-state index in [0.29, 0.717) is 29.7 Å². The standard InChI is InChI=1S/C24H24N4O3/c1-17(2)14-28-23(29)20-11-7-6-10-19(20)22(26-28)24(30)31-16-21-25-12-13-27(21)15-18-8-4-3-5-9-18/h3-13,17H,14-16H2,1-2H3. The zero-order chi connectivity index (χ0) is 21.8. The van der Waals surface area contributed by atoms with Gasteiger partial charge in [-0.3, -0.25) is 4.79 Å². The maximum Gasteiger partial charge on any atom is 0.359 e. The molecule has 0 aliphatic heterocycles. The molecule has 7 heteroatoms. The van der Waals surface area contributed by atoms with Crippen molar-refractivity contribution in [3.63, 3.8) is 0 Å². The number of carbonyl (C=O) groups excluding carboxylic acids is 1. The summed E-state index contributed by atoms with van der Waals surface area (Å²) < 4.78 is 8.84. The Morgan fingerprint density at radius 1 is 1.03 bits per heavy atom. The molecule has 4 aromatic rings. The van der Waals surface area contributed by atoms with Crippen molar-refractivity contribution < 1.29 is 9.53 Å². The number of nitrogens with zero attached hydrogens (tertiary/aromatic N) is 4. The van der Waals surface area contributed by atoms with Crippen molar-refractivity contribution in [2.75, 3.05) is 0 Å². The summed E-state index contributed by atoms with van der Waals surface area (Å²) in [7, 11) is 0. The van der Waals surface area contributed by atoms with E-state index in [1.54, 1.807) is 30.5 Å². The topological polar surface area (TPSA) is 79.0 Å². The van der Waals surface area contributed by atoms with Crippen LogP contribution in [0, 0.1) is 5.92 Å². The molecule has 2 aromatic carbocycles. The summed E-state index contributed by atoms with van der Waals surface area (Å²) in [5.41, 5.74) is 1.05. The molecule has 0 N–H and O–H groups in total. The van der Waals surface area contributed by atoms with Crippen LogP contribution in [0.4, 0.5) is 0 Å². The predicted octanol–water partition coefficient (Wildman–Crippen LogP) is 3.65. The second kappa shape index (κ2) is 8.95. The quantitative estimate of drug-likeness (QED) is 0.430. The Labute approximate surface area is 179 Å². The van der Waals surface area contributed by atoms with Gasteiger partial charge in [0.15, 0.2) is 5.69 Å². The first-order valence-corrected chi connectivity index (χ1v) is 10.2. The zero-order valence-electron chi connectivity index (χ0n) is 17.6. The van der Waals surface area contributed by atoms with Crippen LogP contribution in [-0.4, -0.2) is 25.3 Å². The monoisotopic (exact) mass is 416 g/mol. The molecule has 2 aromatic heterocycles. The van der Waals surface area contributed by atoms with Gasteiger partial charge in [0.1, 0.15) is 12.4 Å². The van der Waals surface area contributed by atoms with Crippen LogP contribution in [0.15, 0.2) is 71.8 Å². The third kappa shape index (κ3) is 4.55. The maximum absolute atomic E-state index is 12.9. The molecule has 0 unspecified atom stereocenters. The fourth-order valence-corrected chi connectivity index (χ4v) is 3.46. The fraction of sp³-hybridized carbons (Fsp3) is 0.250. The lowest BCUT2D eigenvalue weighted by atomic mass is 10.1. The van der Waals surface area contributed by atoms with Crippen LogP contribution in [-0.2, 0) is 24.4 Å². The molecule has 0 radical (unpaired) electrons. The van der Waals surface area contributed by atoms with Gasteiger partial charge in [0, 0.05) is 30.9 Å². The number of benzene rings is 2. The summed E-state index contributed by atoms with van der Waals surface area (Å²) in [5.74, 6) is 0.265. The van der Waals surface area contributed by atoms with Crippen LogP contribution < -0.4 is 5.56 Å². The minimum Gasteiger partial charge on any atom is -0.453 e. The molecule has 0 aliphatic rings. The summed E-state index contributed by atoms with van der Waals surface area (Å²) in [4.78, 5) is 30.0. The second-order valence-electron chi connectivity index (χ2n) is 7.81. The molecule has 4 rings (SSSR count). The Balaban J connectivity index is 1.58. The highest BCUT2D eigenvalue weighted by atomic mass is 16.5. The van der Waals surface area contributed by atoms with Crippen LogP contribution in [0.2, 0.25) is 0 Å². The minimum atomic E-state index is -0.581. The van der Waals surface area contributed by atoms with Gasteiger partial charge in [-0.05, 0) is 17.5 Å². The molecule has 0 saturated carbocycles. The molecule has 158 valence electrons. The van der Waals surface area contributed by atoms with Crippen LogP contribution in [0.25, 0.3) is 10.8 Å². The summed E-state index contributed by atoms with van der Waals surface area (Å²) in [5, 5.41) is 5.28. The Bertz CT molecular complexity index is 1260. The number of hydrogen-bond donors (Lipinski definition) is 0. The highest BCUT2D eigenvalue weighted by Crippen LogP contribution is 2.16. The highest BCUT2D eigenvalue weighted by Gasteiger charge is 2.19. The molecule has 0 fully saturated rings. The number of hydrogen-bond acceptors (Lipinski definition) is 5. The van der Waals surface area contributed by atoms with Gasteiger partial charge in [-0.2, -0.15) is 5.10 Å². The summed E-state index contributed by atoms with van der Waals surface area (Å²) in [6, 6.07) is 17.0. The third-order valence-corrected chi connectivity index (χ3v) is 4.93. The maximum atomic E-state index is 12.9. The number of ether oxygens (including phenoxy) is 1. The van der Waals surface area contributed by atoms with Crippen LogP contribution in [0.3, 0.4) is 0 Å². The smallest absolute Gasteiger partial charge is 0.359 e. The largest absolute Gasteiger partial charge is 0.453 e. The van der Waals surface area contributed by atoms with Crippen molar-refractivity contribution in [2.24, 2.45) is 5.92 Å². The number of rotatable bonds is 7. The molecule has 0 bridgehead atoms. The van der Waals surface area contributed by atoms with Crippen molar-refractivity contribution >= 4 is 16.7 Å². The minimum absolute atomic E-state index is 0.0119. The van der Waals surface area contributed by atoms with Gasteiger partial charge in [0.2, 0.25) is 0 Å². The number of imidazole rings is 1. The molecule has 31 heavy (non-hydrogen) atoms. The summed E-state index contributed by atoms with van der Waals surface area (Å²) >= 11 is 0. The molecule has 0 amide bonds. The predicted molar refractivity (Wildman–Crippen MR) is 118 cm³/mol. The van der Waals surface area contributed by atoms with Crippen molar-refractivity contribution in [3.05, 3.63) is 94.4 Å². The van der Waals surface area contributed by atoms with E-state index in [-0.39, 0.29) is 23.8 Å². The summed E-state index contributed by atoms with van der Waals surface area (Å²) in [6.07, 6.45) is 3.54. The molecule has 0 saturated heterocycles. The SMILES string of the molecule is CC(C)Cn1nc(C(=O)OCc2nccn2Cc2ccccc2)c2ccccc2c1=O. The van der Waals surface area contributed by atoms with E-state index >= 15 is 0 Å². The lowest BCUT2D eigenvalue weighted by Crippen LogP contribution is -2.28. The Kier molecular flexibility index (Phi) is 5.93. The normalized spacial score (nSPS) is 11.2. The number of aromatic nitrogens is 4. The van der Waals surface area contributed by atoms with E-state index < -0.39 is 5.97 Å². The van der Waals surface area contributed by atoms with Gasteiger partial charge >= 0.3 is 5.97 Å². The zero-order valence-corrected chi connectivity index (χ0v) is 17.6. The van der Waals surface area contributed by atoms with E-state index in [1.807, 2.05) is 54.9 Å². The van der Waals surface area contributed by atoms with E-state index in [4.69, 9.17) is 4.74 Å². The van der Waals surface area contributed by atoms with Crippen molar-refractivity contribution in [2.45, 2.75) is 33.5 Å². The molecule has 0 spiro atoms. The molecule has 0 atom stereocenters. The second-order valence-corrected chi connectivity index (χ2v) is 7.81. The van der Waals surface area contributed by atoms with Gasteiger partial charge in [-0.25, -0.2) is 14.5 Å². The number of esters is 1. The van der Waals surface area contributed by atoms with E-state index in [0.717, 1.165) is 5.56 Å². The molecule has 7 nitrogen and oxygen atoms in total. The first-order valence-electron chi connectivity index (χ1n) is 10.2. The average Bonchev–Trinajstić information content (AvgIpc) is 3.21. The van der Waals surface area contributed by atoms with E-state index in [2.05, 4.69) is 10.1 Å². The van der Waals surface area contributed by atoms with Crippen molar-refractivity contribution in [1.29, 1.82) is 0 Å². The average molecular weight is 416 g/mol. The van der Waals surface area contributed by atoms with Gasteiger partial charge < -0.3 is 9.30 Å². The van der Waals surface area contributed by atoms with Gasteiger partial charge in [0.25, 0.3) is 5.56 Å². The Morgan fingerprint density at radius 3 is 2.48 bits per heavy atom. The highest BCUT2D eigenvalue weighted by molar-refractivity contribution is 6.02. The van der Waals surface area contributed by atoms with Gasteiger partial charge in [-0.1, -0.05) is 62.4 Å². The van der Waals surface area contributed by atoms with Crippen LogP contribution in [0.1, 0.15) is 35.7 Å². The van der Waals surface area contributed by atoms with Crippen LogP contribution >= 0.6 is 0 Å². The Morgan fingerprint density at radius 2 is 1.74 bits per heavy atom. The summed E-state index contributed by atoms with van der Waals surface area (Å²) in [6.45, 7) is 5.05.